The van der Waals surface area contributed by atoms with Gasteiger partial charge in [0, 0.05) is 0 Å². The van der Waals surface area contributed by atoms with Gasteiger partial charge in [-0.1, -0.05) is 0 Å². The fraction of sp³-hybridized carbons (Fsp3) is 0.833. The van der Waals surface area contributed by atoms with Crippen LogP contribution in [0.1, 0.15) is 0 Å². The maximum atomic E-state index is 10.7. The molecule has 0 aliphatic carbocycles. The zero-order chi connectivity index (χ0) is 16.1. The molecule has 0 aromatic carbocycles. The summed E-state index contributed by atoms with van der Waals surface area (Å²) in [5.41, 5.74) is 0. The second kappa shape index (κ2) is 7.69. The van der Waals surface area contributed by atoms with Crippen LogP contribution in [-0.2, 0) is 23.0 Å². The number of rotatable bonds is 9. The van der Waals surface area contributed by atoms with Gasteiger partial charge in [0.1, 0.15) is 18.3 Å². The number of aliphatic hydroxyl groups excluding tert-OH is 3. The summed E-state index contributed by atoms with van der Waals surface area (Å²) in [5.74, 6) is 0. The molecule has 20 heavy (non-hydrogen) atoms. The standard InChI is InChI=1S/C6H14O12P2/c7-1-3(9)5(10)6(18-20(14,15)16)4(2-8)17-19(11,12)13/h2-7,9-10H,1H2,(H2,11,12,13)(H2,14,15,16)/t3-,4+,5+,6-/m1/s1. The number of aldehydes is 1. The van der Waals surface area contributed by atoms with Crippen LogP contribution in [0.15, 0.2) is 0 Å². The van der Waals surface area contributed by atoms with Crippen molar-refractivity contribution in [3.63, 3.8) is 0 Å². The van der Waals surface area contributed by atoms with Crippen LogP contribution < -0.4 is 0 Å². The molecule has 0 aromatic heterocycles. The van der Waals surface area contributed by atoms with Gasteiger partial charge in [0.2, 0.25) is 0 Å². The van der Waals surface area contributed by atoms with Gasteiger partial charge in [-0.2, -0.15) is 0 Å². The minimum atomic E-state index is -5.30. The highest BCUT2D eigenvalue weighted by Crippen LogP contribution is 2.43. The highest BCUT2D eigenvalue weighted by atomic mass is 31.2. The molecule has 0 rings (SSSR count). The molecule has 0 saturated heterocycles. The van der Waals surface area contributed by atoms with Crippen LogP contribution in [-0.4, -0.2) is 72.2 Å². The lowest BCUT2D eigenvalue weighted by Crippen LogP contribution is -2.48. The number of phosphoric acid groups is 2. The molecular formula is C6H14O12P2. The van der Waals surface area contributed by atoms with Gasteiger partial charge in [0.25, 0.3) is 0 Å². The molecule has 4 atom stereocenters. The van der Waals surface area contributed by atoms with Crippen molar-refractivity contribution >= 4 is 21.9 Å². The number of hydrogen-bond acceptors (Lipinski definition) is 8. The van der Waals surface area contributed by atoms with E-state index in [1.807, 2.05) is 0 Å². The van der Waals surface area contributed by atoms with Crippen LogP contribution in [0.4, 0.5) is 0 Å². The second-order valence-corrected chi connectivity index (χ2v) is 5.88. The smallest absolute Gasteiger partial charge is 0.394 e. The van der Waals surface area contributed by atoms with Gasteiger partial charge >= 0.3 is 15.6 Å². The molecule has 14 heteroatoms. The Balaban J connectivity index is 5.31. The summed E-state index contributed by atoms with van der Waals surface area (Å²) >= 11 is 0. The van der Waals surface area contributed by atoms with E-state index in [2.05, 4.69) is 9.05 Å². The number of carbonyl (C=O) groups excluding carboxylic acids is 1. The second-order valence-electron chi connectivity index (χ2n) is 3.50. The van der Waals surface area contributed by atoms with E-state index in [-0.39, 0.29) is 6.29 Å². The summed E-state index contributed by atoms with van der Waals surface area (Å²) in [6.45, 7) is -1.08. The van der Waals surface area contributed by atoms with Gasteiger partial charge in [-0.05, 0) is 0 Å². The third kappa shape index (κ3) is 7.53. The monoisotopic (exact) mass is 340 g/mol. The first-order valence-corrected chi connectivity index (χ1v) is 7.87. The third-order valence-electron chi connectivity index (χ3n) is 1.89. The highest BCUT2D eigenvalue weighted by Gasteiger charge is 2.41. The quantitative estimate of drug-likeness (QED) is 0.164. The van der Waals surface area contributed by atoms with E-state index in [9.17, 15) is 19.0 Å². The minimum Gasteiger partial charge on any atom is -0.394 e. The summed E-state index contributed by atoms with van der Waals surface area (Å²) in [7, 11) is -10.6. The lowest BCUT2D eigenvalue weighted by molar-refractivity contribution is -0.133. The summed E-state index contributed by atoms with van der Waals surface area (Å²) in [4.78, 5) is 44.9. The summed E-state index contributed by atoms with van der Waals surface area (Å²) < 4.78 is 29.2. The lowest BCUT2D eigenvalue weighted by atomic mass is 10.0. The predicted octanol–water partition coefficient (Wildman–Crippen LogP) is -3.14. The zero-order valence-electron chi connectivity index (χ0n) is 9.66. The Morgan fingerprint density at radius 3 is 1.75 bits per heavy atom. The SMILES string of the molecule is O=C[C@H](OP(=O)(O)O)[C@@H](OP(=O)(O)O)[C@@H](O)[C@H](O)CO. The predicted molar refractivity (Wildman–Crippen MR) is 59.0 cm³/mol. The Bertz CT molecular complexity index is 399. The van der Waals surface area contributed by atoms with E-state index in [0.29, 0.717) is 0 Å². The number of carbonyl (C=O) groups is 1. The molecule has 0 fully saturated rings. The van der Waals surface area contributed by atoms with Crippen molar-refractivity contribution in [3.05, 3.63) is 0 Å². The van der Waals surface area contributed by atoms with Crippen LogP contribution in [0, 0.1) is 0 Å². The van der Waals surface area contributed by atoms with Crippen molar-refractivity contribution in [2.24, 2.45) is 0 Å². The largest absolute Gasteiger partial charge is 0.470 e. The molecule has 0 saturated carbocycles. The Hall–Kier alpha value is -0.230. The first kappa shape index (κ1) is 19.8. The number of phosphoric ester groups is 2. The summed E-state index contributed by atoms with van der Waals surface area (Å²) in [5, 5.41) is 27.2. The van der Waals surface area contributed by atoms with E-state index in [1.165, 1.54) is 0 Å². The van der Waals surface area contributed by atoms with Crippen molar-refractivity contribution in [1.82, 2.24) is 0 Å². The molecule has 7 N–H and O–H groups in total. The zero-order valence-corrected chi connectivity index (χ0v) is 11.4. The molecule has 0 aliphatic rings. The normalized spacial score (nSPS) is 19.1. The summed E-state index contributed by atoms with van der Waals surface area (Å²) in [6, 6.07) is 0. The maximum Gasteiger partial charge on any atom is 0.470 e. The number of hydrogen-bond donors (Lipinski definition) is 7. The van der Waals surface area contributed by atoms with Crippen molar-refractivity contribution in [1.29, 1.82) is 0 Å². The third-order valence-corrected chi connectivity index (χ3v) is 2.93. The molecule has 0 aliphatic heterocycles. The molecule has 0 spiro atoms. The molecule has 0 heterocycles. The average molecular weight is 340 g/mol. The van der Waals surface area contributed by atoms with Gasteiger partial charge < -0.3 is 39.7 Å². The van der Waals surface area contributed by atoms with Crippen molar-refractivity contribution in [2.75, 3.05) is 6.61 Å². The summed E-state index contributed by atoms with van der Waals surface area (Å²) in [6.07, 6.45) is -9.21. The van der Waals surface area contributed by atoms with E-state index < -0.39 is 46.7 Å². The molecule has 0 radical (unpaired) electrons. The Labute approximate surface area is 112 Å². The molecule has 0 bridgehead atoms. The minimum absolute atomic E-state index is 0.299. The van der Waals surface area contributed by atoms with Crippen LogP contribution in [0.25, 0.3) is 0 Å². The Kier molecular flexibility index (Phi) is 7.60. The Morgan fingerprint density at radius 1 is 1.00 bits per heavy atom. The van der Waals surface area contributed by atoms with Crippen LogP contribution >= 0.6 is 15.6 Å². The fourth-order valence-corrected chi connectivity index (χ4v) is 2.17. The van der Waals surface area contributed by atoms with Crippen molar-refractivity contribution in [2.45, 2.75) is 24.4 Å². The van der Waals surface area contributed by atoms with Gasteiger partial charge in [-0.15, -0.1) is 0 Å². The van der Waals surface area contributed by atoms with Crippen LogP contribution in [0.3, 0.4) is 0 Å². The van der Waals surface area contributed by atoms with Gasteiger partial charge in [0.15, 0.2) is 12.4 Å². The molecule has 0 amide bonds. The topological polar surface area (TPSA) is 211 Å². The molecule has 12 nitrogen and oxygen atoms in total. The molecule has 0 unspecified atom stereocenters. The first-order chi connectivity index (χ1) is 8.91. The fourth-order valence-electron chi connectivity index (χ4n) is 1.12. The van der Waals surface area contributed by atoms with E-state index in [0.717, 1.165) is 0 Å². The van der Waals surface area contributed by atoms with E-state index >= 15 is 0 Å². The van der Waals surface area contributed by atoms with Gasteiger partial charge in [-0.3, -0.25) is 9.05 Å². The van der Waals surface area contributed by atoms with Gasteiger partial charge in [-0.25, -0.2) is 9.13 Å². The molecule has 120 valence electrons. The van der Waals surface area contributed by atoms with E-state index in [4.69, 9.17) is 29.8 Å². The molecule has 0 aromatic rings. The maximum absolute atomic E-state index is 10.7. The van der Waals surface area contributed by atoms with Crippen molar-refractivity contribution in [3.8, 4) is 0 Å². The van der Waals surface area contributed by atoms with Crippen molar-refractivity contribution < 1.29 is 57.9 Å². The lowest BCUT2D eigenvalue weighted by Gasteiger charge is -2.29. The Morgan fingerprint density at radius 2 is 1.45 bits per heavy atom. The molecular weight excluding hydrogens is 326 g/mol. The van der Waals surface area contributed by atoms with Gasteiger partial charge in [0.05, 0.1) is 6.61 Å². The van der Waals surface area contributed by atoms with Crippen LogP contribution in [0.2, 0.25) is 0 Å². The first-order valence-electron chi connectivity index (χ1n) is 4.81. The highest BCUT2D eigenvalue weighted by molar-refractivity contribution is 7.46. The van der Waals surface area contributed by atoms with E-state index in [1.54, 1.807) is 0 Å². The number of aliphatic hydroxyl groups is 3. The van der Waals surface area contributed by atoms with Crippen LogP contribution in [0.5, 0.6) is 0 Å². The average Bonchev–Trinajstić information content (AvgIpc) is 2.29.